The number of hydrogen-bond donors (Lipinski definition) is 3. The maximum Gasteiger partial charge on any atom is 0.252 e. The third-order valence-electron chi connectivity index (χ3n) is 3.86. The minimum absolute atomic E-state index is 0.0493. The third kappa shape index (κ3) is 5.26. The van der Waals surface area contributed by atoms with Crippen LogP contribution >= 0.6 is 0 Å². The highest BCUT2D eigenvalue weighted by atomic mass is 32.2. The lowest BCUT2D eigenvalue weighted by molar-refractivity contribution is -0.122. The van der Waals surface area contributed by atoms with Crippen molar-refractivity contribution in [1.29, 1.82) is 0 Å². The van der Waals surface area contributed by atoms with E-state index in [0.717, 1.165) is 18.4 Å². The largest absolute Gasteiger partial charge is 0.357 e. The van der Waals surface area contributed by atoms with Gasteiger partial charge in [-0.1, -0.05) is 12.1 Å². The average molecular weight is 411 g/mol. The molecule has 0 aliphatic carbocycles. The van der Waals surface area contributed by atoms with Crippen molar-refractivity contribution in [2.75, 3.05) is 18.0 Å². The first-order chi connectivity index (χ1) is 13.0. The topological polar surface area (TPSA) is 104 Å². The summed E-state index contributed by atoms with van der Waals surface area (Å²) in [5, 5.41) is 4.78. The van der Waals surface area contributed by atoms with E-state index < -0.39 is 39.5 Å². The highest BCUT2D eigenvalue weighted by Gasteiger charge is 2.24. The number of sulfonamides is 1. The predicted molar refractivity (Wildman–Crippen MR) is 100 cm³/mol. The Kier molecular flexibility index (Phi) is 6.34. The van der Waals surface area contributed by atoms with E-state index in [1.54, 1.807) is 6.92 Å². The molecule has 0 fully saturated rings. The number of nitrogens with one attached hydrogen (secondary N) is 3. The van der Waals surface area contributed by atoms with Gasteiger partial charge in [0.25, 0.3) is 5.91 Å². The molecule has 0 heterocycles. The number of carbonyl (C=O) groups is 2. The van der Waals surface area contributed by atoms with Crippen LogP contribution < -0.4 is 15.4 Å². The molecule has 10 heteroatoms. The van der Waals surface area contributed by atoms with Gasteiger partial charge in [0.15, 0.2) is 11.6 Å². The van der Waals surface area contributed by atoms with Crippen molar-refractivity contribution in [2.45, 2.75) is 13.0 Å². The van der Waals surface area contributed by atoms with Crippen LogP contribution in [0.4, 0.5) is 14.5 Å². The zero-order valence-electron chi connectivity index (χ0n) is 15.3. The highest BCUT2D eigenvalue weighted by molar-refractivity contribution is 7.92. The van der Waals surface area contributed by atoms with E-state index in [2.05, 4.69) is 15.4 Å². The molecule has 28 heavy (non-hydrogen) atoms. The van der Waals surface area contributed by atoms with Crippen molar-refractivity contribution in [3.05, 3.63) is 64.7 Å². The molecule has 2 rings (SSSR count). The first kappa shape index (κ1) is 21.3. The lowest BCUT2D eigenvalue weighted by Gasteiger charge is -2.18. The lowest BCUT2D eigenvalue weighted by Crippen LogP contribution is -2.39. The van der Waals surface area contributed by atoms with Crippen molar-refractivity contribution in [2.24, 2.45) is 0 Å². The molecule has 0 spiro atoms. The minimum atomic E-state index is -3.56. The number of carbonyl (C=O) groups excluding carboxylic acids is 2. The van der Waals surface area contributed by atoms with Gasteiger partial charge in [0.1, 0.15) is 6.04 Å². The summed E-state index contributed by atoms with van der Waals surface area (Å²) < 4.78 is 51.9. The Bertz CT molecular complexity index is 1030. The second kappa shape index (κ2) is 8.34. The van der Waals surface area contributed by atoms with Gasteiger partial charge in [0, 0.05) is 12.6 Å². The van der Waals surface area contributed by atoms with Crippen molar-refractivity contribution in [3.63, 3.8) is 0 Å². The van der Waals surface area contributed by atoms with Crippen molar-refractivity contribution < 1.29 is 26.8 Å². The van der Waals surface area contributed by atoms with E-state index in [1.807, 2.05) is 0 Å². The quantitative estimate of drug-likeness (QED) is 0.675. The van der Waals surface area contributed by atoms with E-state index in [-0.39, 0.29) is 16.8 Å². The van der Waals surface area contributed by atoms with Crippen LogP contribution in [0.2, 0.25) is 0 Å². The Morgan fingerprint density at radius 1 is 1.04 bits per heavy atom. The van der Waals surface area contributed by atoms with Crippen LogP contribution in [0, 0.1) is 18.6 Å². The number of halogens is 2. The van der Waals surface area contributed by atoms with Crippen LogP contribution in [0.1, 0.15) is 27.5 Å². The maximum absolute atomic E-state index is 13.5. The predicted octanol–water partition coefficient (Wildman–Crippen LogP) is 1.86. The molecule has 1 unspecified atom stereocenters. The number of rotatable bonds is 6. The van der Waals surface area contributed by atoms with Gasteiger partial charge in [-0.3, -0.25) is 14.3 Å². The zero-order valence-corrected chi connectivity index (χ0v) is 16.2. The monoisotopic (exact) mass is 411 g/mol. The van der Waals surface area contributed by atoms with Gasteiger partial charge >= 0.3 is 0 Å². The van der Waals surface area contributed by atoms with Crippen molar-refractivity contribution in [3.8, 4) is 0 Å². The smallest absolute Gasteiger partial charge is 0.252 e. The Labute approximate surface area is 161 Å². The molecule has 0 aliphatic rings. The molecule has 2 aromatic rings. The second-order valence-electron chi connectivity index (χ2n) is 6.10. The average Bonchev–Trinajstić information content (AvgIpc) is 2.62. The Balaban J connectivity index is 2.34. The normalized spacial score (nSPS) is 12.2. The Morgan fingerprint density at radius 2 is 1.71 bits per heavy atom. The number of amides is 2. The molecule has 3 N–H and O–H groups in total. The molecule has 150 valence electrons. The van der Waals surface area contributed by atoms with Gasteiger partial charge in [-0.2, -0.15) is 0 Å². The van der Waals surface area contributed by atoms with Crippen LogP contribution in [-0.4, -0.2) is 33.5 Å². The van der Waals surface area contributed by atoms with Gasteiger partial charge in [-0.05, 0) is 42.3 Å². The van der Waals surface area contributed by atoms with E-state index >= 15 is 0 Å². The number of anilines is 1. The first-order valence-electron chi connectivity index (χ1n) is 8.07. The molecule has 2 aromatic carbocycles. The van der Waals surface area contributed by atoms with Crippen LogP contribution in [0.25, 0.3) is 0 Å². The van der Waals surface area contributed by atoms with Crippen molar-refractivity contribution >= 4 is 27.5 Å². The molecular formula is C18H19F2N3O4S. The van der Waals surface area contributed by atoms with Crippen LogP contribution in [0.15, 0.2) is 36.4 Å². The summed E-state index contributed by atoms with van der Waals surface area (Å²) in [6.45, 7) is 1.66. The van der Waals surface area contributed by atoms with E-state index in [4.69, 9.17) is 0 Å². The van der Waals surface area contributed by atoms with Gasteiger partial charge < -0.3 is 10.6 Å². The molecule has 0 bridgehead atoms. The summed E-state index contributed by atoms with van der Waals surface area (Å²) in [4.78, 5) is 24.7. The molecule has 1 atom stereocenters. The molecule has 0 radical (unpaired) electrons. The molecule has 0 saturated heterocycles. The molecule has 7 nitrogen and oxygen atoms in total. The highest BCUT2D eigenvalue weighted by Crippen LogP contribution is 2.21. The van der Waals surface area contributed by atoms with Crippen molar-refractivity contribution in [1.82, 2.24) is 10.6 Å². The lowest BCUT2D eigenvalue weighted by atomic mass is 10.0. The molecule has 2 amide bonds. The zero-order chi connectivity index (χ0) is 21.1. The van der Waals surface area contributed by atoms with Gasteiger partial charge in [-0.25, -0.2) is 17.2 Å². The SMILES string of the molecule is CNC(=O)C(NC(=O)c1ccc(C)c(NS(C)(=O)=O)c1)c1ccc(F)c(F)c1. The summed E-state index contributed by atoms with van der Waals surface area (Å²) >= 11 is 0. The first-order valence-corrected chi connectivity index (χ1v) is 9.97. The number of hydrogen-bond acceptors (Lipinski definition) is 4. The van der Waals surface area contributed by atoms with Gasteiger partial charge in [0.05, 0.1) is 11.9 Å². The fraction of sp³-hybridized carbons (Fsp3) is 0.222. The number of aryl methyl sites for hydroxylation is 1. The van der Waals surface area contributed by atoms with Gasteiger partial charge in [0.2, 0.25) is 15.9 Å². The summed E-state index contributed by atoms with van der Waals surface area (Å²) in [7, 11) is -2.22. The fourth-order valence-corrected chi connectivity index (χ4v) is 3.04. The maximum atomic E-state index is 13.5. The van der Waals surface area contributed by atoms with Crippen LogP contribution in [-0.2, 0) is 14.8 Å². The number of benzene rings is 2. The summed E-state index contributed by atoms with van der Waals surface area (Å²) in [6, 6.07) is 5.88. The molecule has 0 aliphatic heterocycles. The van der Waals surface area contributed by atoms with E-state index in [1.165, 1.54) is 31.3 Å². The standard InChI is InChI=1S/C18H19F2N3O4S/c1-10-4-5-12(9-15(10)23-28(3,26)27)17(24)22-16(18(25)21-2)11-6-7-13(19)14(20)8-11/h4-9,16,23H,1-3H3,(H,21,25)(H,22,24). The second-order valence-corrected chi connectivity index (χ2v) is 7.85. The Hall–Kier alpha value is -3.01. The summed E-state index contributed by atoms with van der Waals surface area (Å²) in [6.07, 6.45) is 0.976. The molecule has 0 saturated carbocycles. The summed E-state index contributed by atoms with van der Waals surface area (Å²) in [5.41, 5.74) is 0.923. The van der Waals surface area contributed by atoms with Gasteiger partial charge in [-0.15, -0.1) is 0 Å². The third-order valence-corrected chi connectivity index (χ3v) is 4.45. The Morgan fingerprint density at radius 3 is 2.29 bits per heavy atom. The van der Waals surface area contributed by atoms with E-state index in [0.29, 0.717) is 5.56 Å². The summed E-state index contributed by atoms with van der Waals surface area (Å²) in [5.74, 6) is -3.58. The minimum Gasteiger partial charge on any atom is -0.357 e. The fourth-order valence-electron chi connectivity index (χ4n) is 2.42. The number of likely N-dealkylation sites (N-methyl/N-ethyl adjacent to an activating group) is 1. The van der Waals surface area contributed by atoms with Crippen LogP contribution in [0.3, 0.4) is 0 Å². The molecule has 0 aromatic heterocycles. The van der Waals surface area contributed by atoms with Crippen LogP contribution in [0.5, 0.6) is 0 Å². The molecular weight excluding hydrogens is 392 g/mol. The van der Waals surface area contributed by atoms with E-state index in [9.17, 15) is 26.8 Å².